The zero-order valence-corrected chi connectivity index (χ0v) is 12.8. The minimum atomic E-state index is 0.517. The molecule has 17 heavy (non-hydrogen) atoms. The van der Waals surface area contributed by atoms with Crippen LogP contribution in [0.25, 0.3) is 0 Å². The molecule has 0 heterocycles. The number of hydrogen-bond acceptors (Lipinski definition) is 1. The van der Waals surface area contributed by atoms with Gasteiger partial charge in [-0.1, -0.05) is 34.6 Å². The average molecular weight is 239 g/mol. The summed E-state index contributed by atoms with van der Waals surface area (Å²) in [6.07, 6.45) is 5.73. The van der Waals surface area contributed by atoms with Crippen LogP contribution in [-0.2, 0) is 0 Å². The number of nitrogens with one attached hydrogen (secondary N) is 1. The van der Waals surface area contributed by atoms with E-state index < -0.39 is 0 Å². The molecule has 0 aromatic carbocycles. The van der Waals surface area contributed by atoms with Crippen LogP contribution in [0.15, 0.2) is 0 Å². The Hall–Kier alpha value is -0.0400. The Morgan fingerprint density at radius 2 is 1.53 bits per heavy atom. The van der Waals surface area contributed by atoms with Crippen LogP contribution < -0.4 is 5.32 Å². The van der Waals surface area contributed by atoms with E-state index >= 15 is 0 Å². The smallest absolute Gasteiger partial charge is 0.00618 e. The highest BCUT2D eigenvalue weighted by molar-refractivity contribution is 4.81. The molecule has 1 N–H and O–H groups in total. The molecule has 1 saturated carbocycles. The molecule has 1 atom stereocenters. The summed E-state index contributed by atoms with van der Waals surface area (Å²) in [4.78, 5) is 0. The molecule has 0 spiro atoms. The molecule has 102 valence electrons. The second-order valence-electron chi connectivity index (χ2n) is 7.52. The van der Waals surface area contributed by atoms with E-state index in [9.17, 15) is 0 Å². The first-order valence-electron chi connectivity index (χ1n) is 7.54. The van der Waals surface area contributed by atoms with Crippen LogP contribution in [0.5, 0.6) is 0 Å². The SMILES string of the molecule is CC(C)C(C)NCC1CCC(C(C)(C)C)CC1. The van der Waals surface area contributed by atoms with Gasteiger partial charge in [-0.3, -0.25) is 0 Å². The van der Waals surface area contributed by atoms with E-state index in [2.05, 4.69) is 46.9 Å². The summed E-state index contributed by atoms with van der Waals surface area (Å²) < 4.78 is 0. The van der Waals surface area contributed by atoms with Crippen molar-refractivity contribution in [2.45, 2.75) is 73.3 Å². The lowest BCUT2D eigenvalue weighted by atomic mass is 9.70. The summed E-state index contributed by atoms with van der Waals surface area (Å²) in [5, 5.41) is 3.71. The van der Waals surface area contributed by atoms with Crippen molar-refractivity contribution in [3.05, 3.63) is 0 Å². The van der Waals surface area contributed by atoms with Gasteiger partial charge in [-0.2, -0.15) is 0 Å². The number of rotatable bonds is 4. The summed E-state index contributed by atoms with van der Waals surface area (Å²) >= 11 is 0. The van der Waals surface area contributed by atoms with Crippen molar-refractivity contribution in [2.75, 3.05) is 6.54 Å². The van der Waals surface area contributed by atoms with Crippen LogP contribution in [-0.4, -0.2) is 12.6 Å². The lowest BCUT2D eigenvalue weighted by Crippen LogP contribution is -2.36. The van der Waals surface area contributed by atoms with E-state index in [1.807, 2.05) is 0 Å². The van der Waals surface area contributed by atoms with E-state index in [1.165, 1.54) is 32.2 Å². The highest BCUT2D eigenvalue weighted by Crippen LogP contribution is 2.39. The van der Waals surface area contributed by atoms with E-state index in [4.69, 9.17) is 0 Å². The Morgan fingerprint density at radius 1 is 1.00 bits per heavy atom. The minimum absolute atomic E-state index is 0.517. The molecule has 0 bridgehead atoms. The Kier molecular flexibility index (Phi) is 5.50. The third kappa shape index (κ3) is 4.99. The Bertz CT molecular complexity index is 206. The lowest BCUT2D eigenvalue weighted by Gasteiger charge is -2.37. The summed E-state index contributed by atoms with van der Waals surface area (Å²) in [5.41, 5.74) is 0.517. The molecule has 0 aromatic rings. The second kappa shape index (κ2) is 6.22. The van der Waals surface area contributed by atoms with Gasteiger partial charge in [0.25, 0.3) is 0 Å². The molecule has 1 aliphatic rings. The van der Waals surface area contributed by atoms with Crippen LogP contribution in [0.1, 0.15) is 67.2 Å². The third-order valence-electron chi connectivity index (χ3n) is 4.80. The highest BCUT2D eigenvalue weighted by atomic mass is 14.9. The predicted molar refractivity (Wildman–Crippen MR) is 77.2 cm³/mol. The van der Waals surface area contributed by atoms with E-state index in [0.717, 1.165) is 17.8 Å². The molecule has 1 heteroatoms. The van der Waals surface area contributed by atoms with Crippen molar-refractivity contribution in [2.24, 2.45) is 23.2 Å². The van der Waals surface area contributed by atoms with Gasteiger partial charge in [0, 0.05) is 6.04 Å². The molecule has 0 aliphatic heterocycles. The van der Waals surface area contributed by atoms with Gasteiger partial charge < -0.3 is 5.32 Å². The average Bonchev–Trinajstić information content (AvgIpc) is 2.25. The van der Waals surface area contributed by atoms with Crippen molar-refractivity contribution in [1.82, 2.24) is 5.32 Å². The van der Waals surface area contributed by atoms with Crippen molar-refractivity contribution >= 4 is 0 Å². The maximum Gasteiger partial charge on any atom is 0.00618 e. The molecule has 0 amide bonds. The van der Waals surface area contributed by atoms with Crippen LogP contribution >= 0.6 is 0 Å². The van der Waals surface area contributed by atoms with Gasteiger partial charge in [0.05, 0.1) is 0 Å². The minimum Gasteiger partial charge on any atom is -0.314 e. The molecule has 1 nitrogen and oxygen atoms in total. The second-order valence-corrected chi connectivity index (χ2v) is 7.52. The monoisotopic (exact) mass is 239 g/mol. The maximum absolute atomic E-state index is 3.71. The fourth-order valence-corrected chi connectivity index (χ4v) is 2.82. The predicted octanol–water partition coefficient (Wildman–Crippen LogP) is 4.47. The fraction of sp³-hybridized carbons (Fsp3) is 1.00. The molecular weight excluding hydrogens is 206 g/mol. The molecule has 0 radical (unpaired) electrons. The molecule has 1 aliphatic carbocycles. The lowest BCUT2D eigenvalue weighted by molar-refractivity contribution is 0.147. The van der Waals surface area contributed by atoms with Crippen LogP contribution in [0.2, 0.25) is 0 Å². The quantitative estimate of drug-likeness (QED) is 0.763. The first kappa shape index (κ1) is 15.0. The number of hydrogen-bond donors (Lipinski definition) is 1. The molecular formula is C16H33N. The largest absolute Gasteiger partial charge is 0.314 e. The molecule has 1 unspecified atom stereocenters. The van der Waals surface area contributed by atoms with Gasteiger partial charge in [0.1, 0.15) is 0 Å². The van der Waals surface area contributed by atoms with Crippen LogP contribution in [0, 0.1) is 23.2 Å². The summed E-state index contributed by atoms with van der Waals surface area (Å²) in [6.45, 7) is 15.3. The fourth-order valence-electron chi connectivity index (χ4n) is 2.82. The van der Waals surface area contributed by atoms with Gasteiger partial charge in [-0.25, -0.2) is 0 Å². The molecule has 1 rings (SSSR count). The summed E-state index contributed by atoms with van der Waals surface area (Å²) in [5.74, 6) is 2.62. The Labute approximate surface area is 109 Å². The molecule has 0 saturated heterocycles. The highest BCUT2D eigenvalue weighted by Gasteiger charge is 2.29. The van der Waals surface area contributed by atoms with Gasteiger partial charge in [0.2, 0.25) is 0 Å². The van der Waals surface area contributed by atoms with Crippen LogP contribution in [0.3, 0.4) is 0 Å². The molecule has 1 fully saturated rings. The third-order valence-corrected chi connectivity index (χ3v) is 4.80. The zero-order chi connectivity index (χ0) is 13.1. The summed E-state index contributed by atoms with van der Waals surface area (Å²) in [7, 11) is 0. The summed E-state index contributed by atoms with van der Waals surface area (Å²) in [6, 6.07) is 0.662. The zero-order valence-electron chi connectivity index (χ0n) is 12.8. The van der Waals surface area contributed by atoms with Gasteiger partial charge >= 0.3 is 0 Å². The van der Waals surface area contributed by atoms with E-state index in [1.54, 1.807) is 0 Å². The molecule has 0 aromatic heterocycles. The normalized spacial score (nSPS) is 28.4. The van der Waals surface area contributed by atoms with Gasteiger partial charge in [-0.15, -0.1) is 0 Å². The van der Waals surface area contributed by atoms with Gasteiger partial charge in [0.15, 0.2) is 0 Å². The standard InChI is InChI=1S/C16H33N/c1-12(2)13(3)17-11-14-7-9-15(10-8-14)16(4,5)6/h12-15,17H,7-11H2,1-6H3. The Balaban J connectivity index is 2.24. The van der Waals surface area contributed by atoms with Crippen molar-refractivity contribution in [1.29, 1.82) is 0 Å². The maximum atomic E-state index is 3.71. The first-order chi connectivity index (χ1) is 7.80. The van der Waals surface area contributed by atoms with Gasteiger partial charge in [-0.05, 0) is 62.3 Å². The Morgan fingerprint density at radius 3 is 1.94 bits per heavy atom. The van der Waals surface area contributed by atoms with Crippen molar-refractivity contribution in [3.63, 3.8) is 0 Å². The van der Waals surface area contributed by atoms with Crippen molar-refractivity contribution in [3.8, 4) is 0 Å². The van der Waals surface area contributed by atoms with Crippen LogP contribution in [0.4, 0.5) is 0 Å². The van der Waals surface area contributed by atoms with E-state index in [-0.39, 0.29) is 0 Å². The first-order valence-corrected chi connectivity index (χ1v) is 7.54. The van der Waals surface area contributed by atoms with E-state index in [0.29, 0.717) is 11.5 Å². The van der Waals surface area contributed by atoms with Crippen molar-refractivity contribution < 1.29 is 0 Å². The topological polar surface area (TPSA) is 12.0 Å².